The van der Waals surface area contributed by atoms with E-state index in [0.29, 0.717) is 0 Å². The molecule has 0 amide bonds. The largest absolute Gasteiger partial charge is 0.310 e. The molecule has 0 radical (unpaired) electrons. The van der Waals surface area contributed by atoms with E-state index in [0.717, 1.165) is 5.69 Å². The molecule has 0 aliphatic heterocycles. The first-order chi connectivity index (χ1) is 24.3. The third-order valence-electron chi connectivity index (χ3n) is 10.8. The third kappa shape index (κ3) is 5.41. The minimum atomic E-state index is 0.0667. The van der Waals surface area contributed by atoms with Crippen LogP contribution in [-0.4, -0.2) is 0 Å². The lowest BCUT2D eigenvalue weighted by atomic mass is 9.69. The SMILES string of the molecule is c1ccc(C2(c3ccc(N(c4ccc(-c5cccc6ccccc56)cc4)c4ccc5c(c4)sc4ccccc45)cc3)CCCCCC2)cc1. The molecule has 1 aliphatic carbocycles. The zero-order valence-corrected chi connectivity index (χ0v) is 28.5. The number of fused-ring (bicyclic) bond motifs is 4. The first-order valence-corrected chi connectivity index (χ1v) is 18.5. The Labute approximate surface area is 293 Å². The van der Waals surface area contributed by atoms with Gasteiger partial charge in [0.25, 0.3) is 0 Å². The molecule has 238 valence electrons. The summed E-state index contributed by atoms with van der Waals surface area (Å²) in [5.74, 6) is 0. The van der Waals surface area contributed by atoms with Gasteiger partial charge in [0.15, 0.2) is 0 Å². The van der Waals surface area contributed by atoms with Crippen molar-refractivity contribution in [3.63, 3.8) is 0 Å². The summed E-state index contributed by atoms with van der Waals surface area (Å²) in [5.41, 5.74) is 8.98. The average molecular weight is 650 g/mol. The van der Waals surface area contributed by atoms with Gasteiger partial charge in [-0.1, -0.05) is 147 Å². The molecule has 0 spiro atoms. The highest BCUT2D eigenvalue weighted by molar-refractivity contribution is 7.25. The minimum absolute atomic E-state index is 0.0667. The molecule has 1 heterocycles. The van der Waals surface area contributed by atoms with E-state index in [1.807, 2.05) is 11.3 Å². The van der Waals surface area contributed by atoms with Gasteiger partial charge >= 0.3 is 0 Å². The smallest absolute Gasteiger partial charge is 0.0476 e. The maximum atomic E-state index is 2.43. The summed E-state index contributed by atoms with van der Waals surface area (Å²) in [7, 11) is 0. The lowest BCUT2D eigenvalue weighted by Crippen LogP contribution is -2.27. The van der Waals surface area contributed by atoms with Gasteiger partial charge in [-0.3, -0.25) is 0 Å². The molecule has 8 aromatic rings. The van der Waals surface area contributed by atoms with E-state index in [-0.39, 0.29) is 5.41 Å². The first kappa shape index (κ1) is 29.9. The molecule has 0 saturated heterocycles. The standard InChI is InChI=1S/C47H39NS/c1-2-11-32-47(31-10-1,36-15-4-3-5-16-36)37-23-27-39(28-24-37)48(40-29-30-44-43-18-8-9-20-45(43)49-46(44)33-40)38-25-21-35(22-26-38)42-19-12-14-34-13-6-7-17-41(34)42/h3-9,12-30,33H,1-2,10-11,31-32H2. The van der Waals surface area contributed by atoms with Crippen LogP contribution < -0.4 is 4.90 Å². The van der Waals surface area contributed by atoms with Gasteiger partial charge in [0.1, 0.15) is 0 Å². The lowest BCUT2D eigenvalue weighted by Gasteiger charge is -2.35. The van der Waals surface area contributed by atoms with Crippen LogP contribution in [0.5, 0.6) is 0 Å². The second kappa shape index (κ2) is 12.7. The highest BCUT2D eigenvalue weighted by Crippen LogP contribution is 2.46. The van der Waals surface area contributed by atoms with Crippen molar-refractivity contribution < 1.29 is 0 Å². The Balaban J connectivity index is 1.16. The van der Waals surface area contributed by atoms with E-state index in [4.69, 9.17) is 0 Å². The minimum Gasteiger partial charge on any atom is -0.310 e. The monoisotopic (exact) mass is 649 g/mol. The molecule has 9 rings (SSSR count). The van der Waals surface area contributed by atoms with E-state index >= 15 is 0 Å². The van der Waals surface area contributed by atoms with Gasteiger partial charge in [-0.2, -0.15) is 0 Å². The van der Waals surface area contributed by atoms with Gasteiger partial charge < -0.3 is 4.90 Å². The number of thiophene rings is 1. The van der Waals surface area contributed by atoms with Crippen molar-refractivity contribution >= 4 is 59.3 Å². The van der Waals surface area contributed by atoms with Gasteiger partial charge in [0.05, 0.1) is 0 Å². The van der Waals surface area contributed by atoms with Crippen molar-refractivity contribution in [3.8, 4) is 11.1 Å². The molecular formula is C47H39NS. The van der Waals surface area contributed by atoms with Crippen LogP contribution in [0.4, 0.5) is 17.1 Å². The second-order valence-corrected chi connectivity index (χ2v) is 14.7. The van der Waals surface area contributed by atoms with Crippen LogP contribution in [0.1, 0.15) is 49.7 Å². The van der Waals surface area contributed by atoms with E-state index in [2.05, 4.69) is 169 Å². The maximum Gasteiger partial charge on any atom is 0.0476 e. The van der Waals surface area contributed by atoms with Crippen LogP contribution in [-0.2, 0) is 5.41 Å². The van der Waals surface area contributed by atoms with Crippen LogP contribution >= 0.6 is 11.3 Å². The second-order valence-electron chi connectivity index (χ2n) is 13.6. The van der Waals surface area contributed by atoms with Crippen molar-refractivity contribution in [3.05, 3.63) is 175 Å². The number of anilines is 3. The molecule has 0 bridgehead atoms. The quantitative estimate of drug-likeness (QED) is 0.162. The van der Waals surface area contributed by atoms with Gasteiger partial charge in [0.2, 0.25) is 0 Å². The zero-order valence-electron chi connectivity index (χ0n) is 27.7. The summed E-state index contributed by atoms with van der Waals surface area (Å²) in [5, 5.41) is 5.21. The van der Waals surface area contributed by atoms with Gasteiger partial charge in [-0.25, -0.2) is 0 Å². The molecule has 7 aromatic carbocycles. The average Bonchev–Trinajstić information content (AvgIpc) is 3.35. The van der Waals surface area contributed by atoms with E-state index in [1.54, 1.807) is 0 Å². The van der Waals surface area contributed by atoms with Crippen LogP contribution in [0.2, 0.25) is 0 Å². The summed E-state index contributed by atoms with van der Waals surface area (Å²) >= 11 is 1.88. The topological polar surface area (TPSA) is 3.24 Å². The van der Waals surface area contributed by atoms with Gasteiger partial charge in [0, 0.05) is 42.6 Å². The fourth-order valence-corrected chi connectivity index (χ4v) is 9.47. The molecule has 1 aliphatic rings. The normalized spacial score (nSPS) is 14.6. The molecule has 0 atom stereocenters. The first-order valence-electron chi connectivity index (χ1n) is 17.7. The van der Waals surface area contributed by atoms with Crippen molar-refractivity contribution in [2.75, 3.05) is 4.90 Å². The Kier molecular flexibility index (Phi) is 7.75. The summed E-state index contributed by atoms with van der Waals surface area (Å²) in [6.07, 6.45) is 7.63. The van der Waals surface area contributed by atoms with Crippen molar-refractivity contribution in [2.45, 2.75) is 43.9 Å². The van der Waals surface area contributed by atoms with Crippen LogP contribution in [0.25, 0.3) is 42.1 Å². The highest BCUT2D eigenvalue weighted by Gasteiger charge is 2.34. The molecule has 1 nitrogen and oxygen atoms in total. The molecule has 0 N–H and O–H groups in total. The summed E-state index contributed by atoms with van der Waals surface area (Å²) in [4.78, 5) is 2.43. The summed E-state index contributed by atoms with van der Waals surface area (Å²) < 4.78 is 2.65. The van der Waals surface area contributed by atoms with E-state index < -0.39 is 0 Å². The fourth-order valence-electron chi connectivity index (χ4n) is 8.33. The van der Waals surface area contributed by atoms with Gasteiger partial charge in [-0.15, -0.1) is 11.3 Å². The van der Waals surface area contributed by atoms with Gasteiger partial charge in [-0.05, 0) is 88.3 Å². The Hall–Kier alpha value is -5.18. The predicted octanol–water partition coefficient (Wildman–Crippen LogP) is 14.0. The Morgan fingerprint density at radius 3 is 1.80 bits per heavy atom. The number of nitrogens with zero attached hydrogens (tertiary/aromatic N) is 1. The Bertz CT molecular complexity index is 2370. The predicted molar refractivity (Wildman–Crippen MR) is 212 cm³/mol. The molecule has 1 aromatic heterocycles. The number of hydrogen-bond acceptors (Lipinski definition) is 2. The van der Waals surface area contributed by atoms with E-state index in [9.17, 15) is 0 Å². The molecule has 2 heteroatoms. The molecule has 1 saturated carbocycles. The summed E-state index contributed by atoms with van der Waals surface area (Å²) in [6, 6.07) is 61.0. The Morgan fingerprint density at radius 2 is 1.02 bits per heavy atom. The molecule has 49 heavy (non-hydrogen) atoms. The summed E-state index contributed by atoms with van der Waals surface area (Å²) in [6.45, 7) is 0. The van der Waals surface area contributed by atoms with Crippen LogP contribution in [0.3, 0.4) is 0 Å². The van der Waals surface area contributed by atoms with Crippen molar-refractivity contribution in [1.82, 2.24) is 0 Å². The van der Waals surface area contributed by atoms with Crippen LogP contribution in [0.15, 0.2) is 164 Å². The van der Waals surface area contributed by atoms with E-state index in [1.165, 1.54) is 103 Å². The third-order valence-corrected chi connectivity index (χ3v) is 11.9. The molecule has 0 unspecified atom stereocenters. The fraction of sp³-hybridized carbons (Fsp3) is 0.149. The number of benzene rings is 7. The maximum absolute atomic E-state index is 2.43. The highest BCUT2D eigenvalue weighted by atomic mass is 32.1. The molecule has 1 fully saturated rings. The number of rotatable bonds is 6. The zero-order chi connectivity index (χ0) is 32.6. The van der Waals surface area contributed by atoms with Crippen molar-refractivity contribution in [1.29, 1.82) is 0 Å². The van der Waals surface area contributed by atoms with Crippen molar-refractivity contribution in [2.24, 2.45) is 0 Å². The molecular weight excluding hydrogens is 611 g/mol. The lowest BCUT2D eigenvalue weighted by molar-refractivity contribution is 0.446. The van der Waals surface area contributed by atoms with Crippen LogP contribution in [0, 0.1) is 0 Å². The number of hydrogen-bond donors (Lipinski definition) is 0. The Morgan fingerprint density at radius 1 is 0.429 bits per heavy atom.